The smallest absolute Gasteiger partial charge is 0.335 e. The van der Waals surface area contributed by atoms with Gasteiger partial charge in [-0.3, -0.25) is 0 Å². The Morgan fingerprint density at radius 3 is 2.19 bits per heavy atom. The molecule has 0 radical (unpaired) electrons. The van der Waals surface area contributed by atoms with E-state index in [0.29, 0.717) is 19.6 Å². The van der Waals surface area contributed by atoms with Crippen molar-refractivity contribution in [2.75, 3.05) is 13.2 Å². The van der Waals surface area contributed by atoms with E-state index in [1.807, 2.05) is 20.8 Å². The SMILES string of the molecule is CCOC(=O)C(CC)OCC(N)(CC)CC. The van der Waals surface area contributed by atoms with Crippen LogP contribution in [0.3, 0.4) is 0 Å². The molecule has 0 aliphatic rings. The number of ether oxygens (including phenoxy) is 2. The fraction of sp³-hybridized carbons (Fsp3) is 0.917. The molecular formula is C12H25NO3. The van der Waals surface area contributed by atoms with Crippen LogP contribution in [0.5, 0.6) is 0 Å². The number of rotatable bonds is 8. The highest BCUT2D eigenvalue weighted by Crippen LogP contribution is 2.14. The molecular weight excluding hydrogens is 206 g/mol. The first-order valence-corrected chi connectivity index (χ1v) is 6.10. The summed E-state index contributed by atoms with van der Waals surface area (Å²) in [4.78, 5) is 11.5. The van der Waals surface area contributed by atoms with Crippen molar-refractivity contribution in [1.29, 1.82) is 0 Å². The summed E-state index contributed by atoms with van der Waals surface area (Å²) < 4.78 is 10.5. The lowest BCUT2D eigenvalue weighted by molar-refractivity contribution is -0.158. The minimum absolute atomic E-state index is 0.292. The minimum Gasteiger partial charge on any atom is -0.464 e. The molecule has 0 aromatic carbocycles. The molecule has 0 saturated heterocycles. The van der Waals surface area contributed by atoms with Gasteiger partial charge in [0.2, 0.25) is 0 Å². The first-order chi connectivity index (χ1) is 7.52. The third kappa shape index (κ3) is 4.94. The van der Waals surface area contributed by atoms with Gasteiger partial charge < -0.3 is 15.2 Å². The summed E-state index contributed by atoms with van der Waals surface area (Å²) in [6.45, 7) is 8.52. The highest BCUT2D eigenvalue weighted by Gasteiger charge is 2.25. The molecule has 0 aromatic rings. The number of carbonyl (C=O) groups is 1. The van der Waals surface area contributed by atoms with Crippen LogP contribution in [0.2, 0.25) is 0 Å². The van der Waals surface area contributed by atoms with E-state index >= 15 is 0 Å². The van der Waals surface area contributed by atoms with Gasteiger partial charge in [-0.2, -0.15) is 0 Å². The summed E-state index contributed by atoms with van der Waals surface area (Å²) in [5, 5.41) is 0. The van der Waals surface area contributed by atoms with Crippen molar-refractivity contribution in [3.63, 3.8) is 0 Å². The lowest BCUT2D eigenvalue weighted by atomic mass is 9.95. The molecule has 1 unspecified atom stereocenters. The van der Waals surface area contributed by atoms with Crippen LogP contribution in [-0.4, -0.2) is 30.8 Å². The van der Waals surface area contributed by atoms with E-state index in [2.05, 4.69) is 0 Å². The maximum atomic E-state index is 11.5. The zero-order valence-corrected chi connectivity index (χ0v) is 10.9. The van der Waals surface area contributed by atoms with Gasteiger partial charge in [0.25, 0.3) is 0 Å². The Morgan fingerprint density at radius 2 is 1.81 bits per heavy atom. The first-order valence-electron chi connectivity index (χ1n) is 6.10. The van der Waals surface area contributed by atoms with Crippen LogP contribution in [0.4, 0.5) is 0 Å². The second-order valence-electron chi connectivity index (χ2n) is 4.03. The number of hydrogen-bond donors (Lipinski definition) is 1. The van der Waals surface area contributed by atoms with Gasteiger partial charge in [-0.15, -0.1) is 0 Å². The Bertz CT molecular complexity index is 202. The minimum atomic E-state index is -0.485. The standard InChI is InChI=1S/C12H25NO3/c1-5-10(11(14)15-8-4)16-9-12(13,6-2)7-3/h10H,5-9,13H2,1-4H3. The largest absolute Gasteiger partial charge is 0.464 e. The van der Waals surface area contributed by atoms with Crippen molar-refractivity contribution in [2.24, 2.45) is 5.73 Å². The maximum absolute atomic E-state index is 11.5. The second-order valence-corrected chi connectivity index (χ2v) is 4.03. The van der Waals surface area contributed by atoms with Crippen LogP contribution in [0, 0.1) is 0 Å². The predicted molar refractivity (Wildman–Crippen MR) is 64.2 cm³/mol. The van der Waals surface area contributed by atoms with Gasteiger partial charge in [-0.05, 0) is 26.2 Å². The predicted octanol–water partition coefficient (Wildman–Crippen LogP) is 1.86. The van der Waals surface area contributed by atoms with Gasteiger partial charge >= 0.3 is 5.97 Å². The Kier molecular flexibility index (Phi) is 7.34. The molecule has 0 aromatic heterocycles. The monoisotopic (exact) mass is 231 g/mol. The van der Waals surface area contributed by atoms with Gasteiger partial charge in [0.1, 0.15) is 0 Å². The Hall–Kier alpha value is -0.610. The van der Waals surface area contributed by atoms with Gasteiger partial charge in [-0.25, -0.2) is 4.79 Å². The number of nitrogens with two attached hydrogens (primary N) is 1. The molecule has 0 aliphatic heterocycles. The van der Waals surface area contributed by atoms with Crippen molar-refractivity contribution in [1.82, 2.24) is 0 Å². The van der Waals surface area contributed by atoms with E-state index in [-0.39, 0.29) is 11.5 Å². The number of hydrogen-bond acceptors (Lipinski definition) is 4. The van der Waals surface area contributed by atoms with E-state index in [1.165, 1.54) is 0 Å². The van der Waals surface area contributed by atoms with Crippen LogP contribution in [0.15, 0.2) is 0 Å². The molecule has 2 N–H and O–H groups in total. The molecule has 0 spiro atoms. The summed E-state index contributed by atoms with van der Waals surface area (Å²) in [6.07, 6.45) is 1.80. The normalized spacial score (nSPS) is 13.6. The molecule has 0 saturated carbocycles. The van der Waals surface area contributed by atoms with Crippen molar-refractivity contribution in [3.05, 3.63) is 0 Å². The van der Waals surface area contributed by atoms with Crippen LogP contribution in [0.1, 0.15) is 47.0 Å². The van der Waals surface area contributed by atoms with Crippen LogP contribution < -0.4 is 5.73 Å². The molecule has 96 valence electrons. The van der Waals surface area contributed by atoms with Gasteiger partial charge in [-0.1, -0.05) is 20.8 Å². The number of esters is 1. The molecule has 0 rings (SSSR count). The van der Waals surface area contributed by atoms with Gasteiger partial charge in [0.15, 0.2) is 6.10 Å². The molecule has 0 bridgehead atoms. The van der Waals surface area contributed by atoms with Gasteiger partial charge in [0.05, 0.1) is 13.2 Å². The fourth-order valence-corrected chi connectivity index (χ4v) is 1.31. The van der Waals surface area contributed by atoms with Crippen molar-refractivity contribution < 1.29 is 14.3 Å². The summed E-state index contributed by atoms with van der Waals surface area (Å²) in [5.74, 6) is -0.292. The van der Waals surface area contributed by atoms with Crippen molar-refractivity contribution in [3.8, 4) is 0 Å². The summed E-state index contributed by atoms with van der Waals surface area (Å²) >= 11 is 0. The van der Waals surface area contributed by atoms with E-state index < -0.39 is 6.10 Å². The lowest BCUT2D eigenvalue weighted by Gasteiger charge is -2.28. The van der Waals surface area contributed by atoms with E-state index in [4.69, 9.17) is 15.2 Å². The van der Waals surface area contributed by atoms with Crippen LogP contribution >= 0.6 is 0 Å². The fourth-order valence-electron chi connectivity index (χ4n) is 1.31. The average molecular weight is 231 g/mol. The van der Waals surface area contributed by atoms with E-state index in [0.717, 1.165) is 12.8 Å². The molecule has 1 atom stereocenters. The number of carbonyl (C=O) groups excluding carboxylic acids is 1. The molecule has 0 aliphatic carbocycles. The Labute approximate surface area is 98.5 Å². The van der Waals surface area contributed by atoms with E-state index in [9.17, 15) is 4.79 Å². The summed E-state index contributed by atoms with van der Waals surface area (Å²) in [6, 6.07) is 0. The molecule has 0 heterocycles. The second kappa shape index (κ2) is 7.63. The van der Waals surface area contributed by atoms with E-state index in [1.54, 1.807) is 6.92 Å². The Morgan fingerprint density at radius 1 is 1.25 bits per heavy atom. The molecule has 16 heavy (non-hydrogen) atoms. The third-order valence-electron chi connectivity index (χ3n) is 2.90. The van der Waals surface area contributed by atoms with Gasteiger partial charge in [0, 0.05) is 5.54 Å². The summed E-state index contributed by atoms with van der Waals surface area (Å²) in [5.41, 5.74) is 5.76. The molecule has 0 amide bonds. The maximum Gasteiger partial charge on any atom is 0.335 e. The van der Waals surface area contributed by atoms with Crippen molar-refractivity contribution in [2.45, 2.75) is 58.6 Å². The highest BCUT2D eigenvalue weighted by atomic mass is 16.6. The van der Waals surface area contributed by atoms with Crippen molar-refractivity contribution >= 4 is 5.97 Å². The average Bonchev–Trinajstić information content (AvgIpc) is 2.30. The topological polar surface area (TPSA) is 61.5 Å². The quantitative estimate of drug-likeness (QED) is 0.648. The lowest BCUT2D eigenvalue weighted by Crippen LogP contribution is -2.45. The van der Waals surface area contributed by atoms with Crippen LogP contribution in [-0.2, 0) is 14.3 Å². The highest BCUT2D eigenvalue weighted by molar-refractivity contribution is 5.74. The molecule has 0 fully saturated rings. The zero-order valence-electron chi connectivity index (χ0n) is 10.9. The third-order valence-corrected chi connectivity index (χ3v) is 2.90. The summed E-state index contributed by atoms with van der Waals surface area (Å²) in [7, 11) is 0. The zero-order chi connectivity index (χ0) is 12.6. The molecule has 4 heteroatoms. The molecule has 4 nitrogen and oxygen atoms in total. The van der Waals surface area contributed by atoms with Crippen LogP contribution in [0.25, 0.3) is 0 Å². The first kappa shape index (κ1) is 15.4. The Balaban J connectivity index is 4.18.